The minimum atomic E-state index is 0.661. The van der Waals surface area contributed by atoms with Gasteiger partial charge in [0.15, 0.2) is 0 Å². The Morgan fingerprint density at radius 3 is 2.27 bits per heavy atom. The third kappa shape index (κ3) is 2.38. The van der Waals surface area contributed by atoms with E-state index in [-0.39, 0.29) is 0 Å². The summed E-state index contributed by atoms with van der Waals surface area (Å²) in [5.41, 5.74) is 0.661. The van der Waals surface area contributed by atoms with Crippen LogP contribution in [-0.2, 0) is 0 Å². The van der Waals surface area contributed by atoms with Crippen LogP contribution in [0.15, 0.2) is 0 Å². The molecule has 2 atom stereocenters. The molecule has 0 aromatic heterocycles. The molecule has 88 valence electrons. The van der Waals surface area contributed by atoms with Crippen LogP contribution in [0.1, 0.15) is 58.8 Å². The topological polar surface area (TPSA) is 12.0 Å². The fourth-order valence-electron chi connectivity index (χ4n) is 3.85. The molecule has 1 N–H and O–H groups in total. The second-order valence-electron chi connectivity index (χ2n) is 6.34. The zero-order valence-corrected chi connectivity index (χ0v) is 10.7. The van der Waals surface area contributed by atoms with Gasteiger partial charge in [-0.15, -0.1) is 0 Å². The summed E-state index contributed by atoms with van der Waals surface area (Å²) in [4.78, 5) is 0. The second-order valence-corrected chi connectivity index (χ2v) is 6.34. The first-order chi connectivity index (χ1) is 7.14. The number of hydrogen-bond acceptors (Lipinski definition) is 1. The van der Waals surface area contributed by atoms with Crippen LogP contribution in [0.2, 0.25) is 0 Å². The van der Waals surface area contributed by atoms with Gasteiger partial charge in [-0.25, -0.2) is 0 Å². The molecular formula is C14H27N. The van der Waals surface area contributed by atoms with Crippen LogP contribution in [-0.4, -0.2) is 13.1 Å². The molecule has 2 unspecified atom stereocenters. The van der Waals surface area contributed by atoms with E-state index in [1.54, 1.807) is 0 Å². The Bertz CT molecular complexity index is 205. The van der Waals surface area contributed by atoms with Crippen LogP contribution in [0, 0.1) is 17.3 Å². The van der Waals surface area contributed by atoms with Gasteiger partial charge in [-0.05, 0) is 56.4 Å². The van der Waals surface area contributed by atoms with Crippen LogP contribution < -0.4 is 5.32 Å². The number of rotatable bonds is 2. The van der Waals surface area contributed by atoms with Crippen molar-refractivity contribution in [1.29, 1.82) is 0 Å². The van der Waals surface area contributed by atoms with E-state index >= 15 is 0 Å². The Balaban J connectivity index is 1.92. The van der Waals surface area contributed by atoms with Crippen LogP contribution >= 0.6 is 0 Å². The maximum absolute atomic E-state index is 3.47. The van der Waals surface area contributed by atoms with Crippen molar-refractivity contribution in [3.8, 4) is 0 Å². The van der Waals surface area contributed by atoms with Crippen LogP contribution in [0.3, 0.4) is 0 Å². The van der Waals surface area contributed by atoms with E-state index < -0.39 is 0 Å². The fraction of sp³-hybridized carbons (Fsp3) is 1.00. The lowest BCUT2D eigenvalue weighted by Gasteiger charge is -2.39. The molecule has 0 spiro atoms. The Morgan fingerprint density at radius 2 is 1.73 bits per heavy atom. The van der Waals surface area contributed by atoms with Crippen LogP contribution in [0.25, 0.3) is 0 Å². The normalized spacial score (nSPS) is 47.0. The Morgan fingerprint density at radius 1 is 1.07 bits per heavy atom. The maximum atomic E-state index is 3.47. The van der Waals surface area contributed by atoms with Gasteiger partial charge in [0.05, 0.1) is 0 Å². The summed E-state index contributed by atoms with van der Waals surface area (Å²) in [6, 6.07) is 0.800. The SMILES string of the molecule is CNC1CCC(C)(C2CCC(C)CC2)C1. The van der Waals surface area contributed by atoms with Crippen molar-refractivity contribution in [2.24, 2.45) is 17.3 Å². The Kier molecular flexibility index (Phi) is 3.39. The molecule has 1 nitrogen and oxygen atoms in total. The molecule has 0 aromatic carbocycles. The predicted molar refractivity (Wildman–Crippen MR) is 65.9 cm³/mol. The van der Waals surface area contributed by atoms with E-state index in [0.717, 1.165) is 17.9 Å². The van der Waals surface area contributed by atoms with Crippen molar-refractivity contribution in [2.75, 3.05) is 7.05 Å². The van der Waals surface area contributed by atoms with Gasteiger partial charge in [-0.2, -0.15) is 0 Å². The van der Waals surface area contributed by atoms with E-state index in [1.807, 2.05) is 0 Å². The molecule has 2 fully saturated rings. The highest BCUT2D eigenvalue weighted by molar-refractivity contribution is 4.94. The summed E-state index contributed by atoms with van der Waals surface area (Å²) < 4.78 is 0. The summed E-state index contributed by atoms with van der Waals surface area (Å²) in [7, 11) is 2.12. The van der Waals surface area contributed by atoms with Crippen molar-refractivity contribution in [1.82, 2.24) is 5.32 Å². The molecule has 15 heavy (non-hydrogen) atoms. The van der Waals surface area contributed by atoms with Gasteiger partial charge in [0, 0.05) is 6.04 Å². The highest BCUT2D eigenvalue weighted by Gasteiger charge is 2.41. The third-order valence-electron chi connectivity index (χ3n) is 5.19. The summed E-state index contributed by atoms with van der Waals surface area (Å²) >= 11 is 0. The quantitative estimate of drug-likeness (QED) is 0.733. The predicted octanol–water partition coefficient (Wildman–Crippen LogP) is 3.59. The minimum absolute atomic E-state index is 0.661. The lowest BCUT2D eigenvalue weighted by molar-refractivity contribution is 0.122. The molecule has 0 aliphatic heterocycles. The van der Waals surface area contributed by atoms with Crippen molar-refractivity contribution in [2.45, 2.75) is 64.8 Å². The van der Waals surface area contributed by atoms with Gasteiger partial charge < -0.3 is 5.32 Å². The number of hydrogen-bond donors (Lipinski definition) is 1. The lowest BCUT2D eigenvalue weighted by atomic mass is 9.67. The molecular weight excluding hydrogens is 182 g/mol. The largest absolute Gasteiger partial charge is 0.317 e. The molecule has 2 aliphatic carbocycles. The summed E-state index contributed by atoms with van der Waals surface area (Å²) in [5, 5.41) is 3.47. The average Bonchev–Trinajstić information content (AvgIpc) is 2.62. The van der Waals surface area contributed by atoms with E-state index in [1.165, 1.54) is 44.9 Å². The minimum Gasteiger partial charge on any atom is -0.317 e. The third-order valence-corrected chi connectivity index (χ3v) is 5.19. The molecule has 0 bridgehead atoms. The first kappa shape index (κ1) is 11.4. The summed E-state index contributed by atoms with van der Waals surface area (Å²) in [6.45, 7) is 4.97. The van der Waals surface area contributed by atoms with E-state index in [0.29, 0.717) is 5.41 Å². The van der Waals surface area contributed by atoms with Gasteiger partial charge in [-0.1, -0.05) is 26.7 Å². The molecule has 0 heterocycles. The zero-order chi connectivity index (χ0) is 10.9. The molecule has 2 aliphatic rings. The van der Waals surface area contributed by atoms with Crippen LogP contribution in [0.4, 0.5) is 0 Å². The molecule has 0 saturated heterocycles. The Hall–Kier alpha value is -0.0400. The highest BCUT2D eigenvalue weighted by atomic mass is 14.9. The van der Waals surface area contributed by atoms with E-state index in [2.05, 4.69) is 26.2 Å². The first-order valence-electron chi connectivity index (χ1n) is 6.81. The van der Waals surface area contributed by atoms with Crippen molar-refractivity contribution in [3.05, 3.63) is 0 Å². The number of nitrogens with one attached hydrogen (secondary N) is 1. The summed E-state index contributed by atoms with van der Waals surface area (Å²) in [6.07, 6.45) is 10.2. The second kappa shape index (κ2) is 4.45. The van der Waals surface area contributed by atoms with Gasteiger partial charge in [0.25, 0.3) is 0 Å². The van der Waals surface area contributed by atoms with Gasteiger partial charge in [0.1, 0.15) is 0 Å². The standard InChI is InChI=1S/C14H27N/c1-11-4-6-12(7-5-11)14(2)9-8-13(10-14)15-3/h11-13,15H,4-10H2,1-3H3. The average molecular weight is 209 g/mol. The lowest BCUT2D eigenvalue weighted by Crippen LogP contribution is -2.31. The zero-order valence-electron chi connectivity index (χ0n) is 10.7. The van der Waals surface area contributed by atoms with Gasteiger partial charge in [0.2, 0.25) is 0 Å². The smallest absolute Gasteiger partial charge is 0.00695 e. The molecule has 0 aromatic rings. The van der Waals surface area contributed by atoms with E-state index in [9.17, 15) is 0 Å². The van der Waals surface area contributed by atoms with Crippen molar-refractivity contribution in [3.63, 3.8) is 0 Å². The van der Waals surface area contributed by atoms with Gasteiger partial charge in [-0.3, -0.25) is 0 Å². The fourth-order valence-corrected chi connectivity index (χ4v) is 3.85. The first-order valence-corrected chi connectivity index (χ1v) is 6.81. The van der Waals surface area contributed by atoms with Crippen LogP contribution in [0.5, 0.6) is 0 Å². The van der Waals surface area contributed by atoms with E-state index in [4.69, 9.17) is 0 Å². The Labute approximate surface area is 95.0 Å². The van der Waals surface area contributed by atoms with Crippen molar-refractivity contribution >= 4 is 0 Å². The monoisotopic (exact) mass is 209 g/mol. The highest BCUT2D eigenvalue weighted by Crippen LogP contribution is 2.49. The maximum Gasteiger partial charge on any atom is 0.00695 e. The van der Waals surface area contributed by atoms with Gasteiger partial charge >= 0.3 is 0 Å². The summed E-state index contributed by atoms with van der Waals surface area (Å²) in [5.74, 6) is 2.01. The van der Waals surface area contributed by atoms with Crippen molar-refractivity contribution < 1.29 is 0 Å². The molecule has 0 radical (unpaired) electrons. The molecule has 2 saturated carbocycles. The molecule has 2 rings (SSSR count). The molecule has 0 amide bonds. The molecule has 1 heteroatoms.